The molecule has 3 unspecified atom stereocenters. The molecule has 2 aliphatic heterocycles. The van der Waals surface area contributed by atoms with E-state index in [0.29, 0.717) is 23.7 Å². The third kappa shape index (κ3) is 5.13. The molecule has 0 aliphatic carbocycles. The van der Waals surface area contributed by atoms with Gasteiger partial charge >= 0.3 is 8.25 Å². The highest BCUT2D eigenvalue weighted by Gasteiger charge is 2.21. The van der Waals surface area contributed by atoms with Crippen molar-refractivity contribution in [1.29, 1.82) is 0 Å². The molecule has 0 saturated heterocycles. The molecule has 2 aromatic rings. The van der Waals surface area contributed by atoms with Gasteiger partial charge in [0.25, 0.3) is 0 Å². The van der Waals surface area contributed by atoms with Gasteiger partial charge in [-0.2, -0.15) is 0 Å². The highest BCUT2D eigenvalue weighted by atomic mass is 31.1. The Morgan fingerprint density at radius 3 is 2.50 bits per heavy atom. The Hall–Kier alpha value is -2.11. The van der Waals surface area contributed by atoms with Gasteiger partial charge in [0.15, 0.2) is 0 Å². The summed E-state index contributed by atoms with van der Waals surface area (Å²) in [6.07, 6.45) is 6.34. The highest BCUT2D eigenvalue weighted by molar-refractivity contribution is 7.34. The van der Waals surface area contributed by atoms with Crippen LogP contribution >= 0.6 is 8.25 Å². The number of pyridine rings is 2. The Morgan fingerprint density at radius 1 is 1.00 bits per heavy atom. The van der Waals surface area contributed by atoms with Crippen LogP contribution in [0.5, 0.6) is 11.8 Å². The van der Waals surface area contributed by atoms with Gasteiger partial charge in [0.05, 0.1) is 17.1 Å². The fourth-order valence-electron chi connectivity index (χ4n) is 4.28. The molecular weight excluding hydrogens is 399 g/mol. The summed E-state index contributed by atoms with van der Waals surface area (Å²) >= 11 is 0. The molecule has 4 rings (SSSR count). The number of hydrogen-bond donors (Lipinski definition) is 2. The van der Waals surface area contributed by atoms with E-state index in [1.165, 1.54) is 5.56 Å². The molecule has 2 aliphatic rings. The number of fused-ring (bicyclic) bond motifs is 2. The van der Waals surface area contributed by atoms with Gasteiger partial charge in [-0.3, -0.25) is 0 Å². The van der Waals surface area contributed by atoms with Crippen LogP contribution in [0.4, 0.5) is 5.69 Å². The predicted octanol–water partition coefficient (Wildman–Crippen LogP) is 4.52. The van der Waals surface area contributed by atoms with Gasteiger partial charge in [0.2, 0.25) is 11.8 Å². The van der Waals surface area contributed by atoms with Crippen LogP contribution in [0.25, 0.3) is 0 Å². The maximum absolute atomic E-state index is 12.5. The van der Waals surface area contributed by atoms with Gasteiger partial charge < -0.3 is 19.7 Å². The third-order valence-corrected chi connectivity index (χ3v) is 6.54. The standard InChI is InChI=1S/C22H31N4O3P/c1-3-5-15-11-20-18(24-13-15)8-10-22(26-20)29-30(27)28-21-9-7-16-14-23-17(6-4-2)12-19(16)25-21/h7-10,15,17,23-24,30H,3-6,11-14H2,1-2H3. The Balaban J connectivity index is 1.38. The van der Waals surface area contributed by atoms with Gasteiger partial charge in [0.1, 0.15) is 0 Å². The van der Waals surface area contributed by atoms with Gasteiger partial charge in [0, 0.05) is 37.7 Å². The normalized spacial score (nSPS) is 21.1. The monoisotopic (exact) mass is 430 g/mol. The Bertz CT molecular complexity index is 836. The lowest BCUT2D eigenvalue weighted by Crippen LogP contribution is -2.35. The molecule has 8 heteroatoms. The van der Waals surface area contributed by atoms with E-state index in [4.69, 9.17) is 9.05 Å². The molecule has 2 aromatic heterocycles. The fourth-order valence-corrected chi connectivity index (χ4v) is 4.89. The van der Waals surface area contributed by atoms with Crippen molar-refractivity contribution in [3.63, 3.8) is 0 Å². The summed E-state index contributed by atoms with van der Waals surface area (Å²) in [6, 6.07) is 7.85. The molecule has 7 nitrogen and oxygen atoms in total. The van der Waals surface area contributed by atoms with Crippen LogP contribution in [-0.4, -0.2) is 22.6 Å². The van der Waals surface area contributed by atoms with Crippen LogP contribution < -0.4 is 19.7 Å². The van der Waals surface area contributed by atoms with Crippen molar-refractivity contribution in [2.45, 2.75) is 65.0 Å². The molecule has 162 valence electrons. The van der Waals surface area contributed by atoms with E-state index in [1.807, 2.05) is 12.1 Å². The minimum Gasteiger partial charge on any atom is -0.399 e. The summed E-state index contributed by atoms with van der Waals surface area (Å²) in [5, 5.41) is 6.96. The van der Waals surface area contributed by atoms with Crippen LogP contribution in [0.15, 0.2) is 24.3 Å². The largest absolute Gasteiger partial charge is 0.421 e. The fraction of sp³-hybridized carbons (Fsp3) is 0.545. The van der Waals surface area contributed by atoms with E-state index < -0.39 is 8.25 Å². The number of hydrogen-bond acceptors (Lipinski definition) is 7. The van der Waals surface area contributed by atoms with E-state index in [1.54, 1.807) is 12.1 Å². The number of nitrogens with zero attached hydrogens (tertiary/aromatic N) is 2. The highest BCUT2D eigenvalue weighted by Crippen LogP contribution is 2.33. The first-order chi connectivity index (χ1) is 14.6. The van der Waals surface area contributed by atoms with Crippen LogP contribution in [0.1, 0.15) is 56.5 Å². The smallest absolute Gasteiger partial charge is 0.399 e. The Kier molecular flexibility index (Phi) is 6.90. The molecule has 0 fully saturated rings. The molecule has 0 aromatic carbocycles. The molecule has 0 bridgehead atoms. The molecule has 0 saturated carbocycles. The molecule has 0 amide bonds. The summed E-state index contributed by atoms with van der Waals surface area (Å²) in [5.41, 5.74) is 4.18. The molecule has 0 radical (unpaired) electrons. The molecule has 2 N–H and O–H groups in total. The van der Waals surface area contributed by atoms with Crippen molar-refractivity contribution in [3.8, 4) is 11.8 Å². The van der Waals surface area contributed by atoms with E-state index in [2.05, 4.69) is 34.4 Å². The number of anilines is 1. The maximum Gasteiger partial charge on any atom is 0.421 e. The second kappa shape index (κ2) is 9.80. The van der Waals surface area contributed by atoms with E-state index in [9.17, 15) is 4.57 Å². The SMILES string of the molecule is CCCC1CNc2ccc(O[PH](=O)Oc3ccc4c(n3)CC(CCC)NC4)nc2C1. The zero-order valence-electron chi connectivity index (χ0n) is 17.7. The topological polar surface area (TPSA) is 85.4 Å². The zero-order chi connectivity index (χ0) is 20.9. The average Bonchev–Trinajstić information content (AvgIpc) is 2.74. The van der Waals surface area contributed by atoms with E-state index in [0.717, 1.165) is 68.7 Å². The number of aromatic nitrogens is 2. The number of rotatable bonds is 8. The van der Waals surface area contributed by atoms with Crippen molar-refractivity contribution in [2.75, 3.05) is 11.9 Å². The van der Waals surface area contributed by atoms with Crippen molar-refractivity contribution in [2.24, 2.45) is 5.92 Å². The minimum absolute atomic E-state index is 0.335. The molecule has 30 heavy (non-hydrogen) atoms. The summed E-state index contributed by atoms with van der Waals surface area (Å²) < 4.78 is 23.5. The first-order valence-corrected chi connectivity index (χ1v) is 12.2. The molecular formula is C22H31N4O3P. The van der Waals surface area contributed by atoms with Crippen molar-refractivity contribution < 1.29 is 13.6 Å². The van der Waals surface area contributed by atoms with Crippen LogP contribution in [0.2, 0.25) is 0 Å². The van der Waals surface area contributed by atoms with Gasteiger partial charge in [-0.15, -0.1) is 0 Å². The van der Waals surface area contributed by atoms with Gasteiger partial charge in [-0.25, -0.2) is 14.5 Å². The van der Waals surface area contributed by atoms with Crippen molar-refractivity contribution in [3.05, 3.63) is 41.2 Å². The molecule has 4 heterocycles. The maximum atomic E-state index is 12.5. The second-order valence-electron chi connectivity index (χ2n) is 8.16. The minimum atomic E-state index is -2.80. The first-order valence-electron chi connectivity index (χ1n) is 11.0. The molecule has 0 spiro atoms. The van der Waals surface area contributed by atoms with Crippen LogP contribution in [0, 0.1) is 5.92 Å². The summed E-state index contributed by atoms with van der Waals surface area (Å²) in [6.45, 7) is 6.16. The van der Waals surface area contributed by atoms with Crippen LogP contribution in [0.3, 0.4) is 0 Å². The quantitative estimate of drug-likeness (QED) is 0.596. The Labute approximate surface area is 179 Å². The lowest BCUT2D eigenvalue weighted by atomic mass is 9.94. The summed E-state index contributed by atoms with van der Waals surface area (Å²) in [7, 11) is -2.80. The predicted molar refractivity (Wildman–Crippen MR) is 119 cm³/mol. The third-order valence-electron chi connectivity index (χ3n) is 5.79. The van der Waals surface area contributed by atoms with E-state index >= 15 is 0 Å². The van der Waals surface area contributed by atoms with Gasteiger partial charge in [-0.1, -0.05) is 32.8 Å². The summed E-state index contributed by atoms with van der Waals surface area (Å²) in [4.78, 5) is 9.14. The second-order valence-corrected chi connectivity index (χ2v) is 9.07. The first kappa shape index (κ1) is 21.1. The van der Waals surface area contributed by atoms with Crippen molar-refractivity contribution in [1.82, 2.24) is 15.3 Å². The lowest BCUT2D eigenvalue weighted by molar-refractivity contribution is 0.397. The van der Waals surface area contributed by atoms with E-state index in [-0.39, 0.29) is 0 Å². The Morgan fingerprint density at radius 2 is 1.73 bits per heavy atom. The van der Waals surface area contributed by atoms with Gasteiger partial charge in [-0.05, 0) is 36.8 Å². The zero-order valence-corrected chi connectivity index (χ0v) is 18.7. The van der Waals surface area contributed by atoms with Crippen LogP contribution in [-0.2, 0) is 24.0 Å². The van der Waals surface area contributed by atoms with Crippen molar-refractivity contribution >= 4 is 13.9 Å². The summed E-state index contributed by atoms with van der Waals surface area (Å²) in [5.74, 6) is 1.25. The molecule has 3 atom stereocenters. The lowest BCUT2D eigenvalue weighted by Gasteiger charge is -2.25. The number of nitrogens with one attached hydrogen (secondary N) is 2. The average molecular weight is 430 g/mol.